The summed E-state index contributed by atoms with van der Waals surface area (Å²) in [4.78, 5) is 15.9. The van der Waals surface area contributed by atoms with Crippen molar-refractivity contribution in [3.63, 3.8) is 0 Å². The topological polar surface area (TPSA) is 104 Å². The van der Waals surface area contributed by atoms with E-state index in [1.807, 2.05) is 0 Å². The fourth-order valence-corrected chi connectivity index (χ4v) is 0.941. The number of nitrogens with zero attached hydrogens (tertiary/aromatic N) is 4. The molecule has 0 saturated heterocycles. The fourth-order valence-electron chi connectivity index (χ4n) is 0.941. The van der Waals surface area contributed by atoms with Crippen LogP contribution in [-0.4, -0.2) is 19.9 Å². The summed E-state index contributed by atoms with van der Waals surface area (Å²) in [5.74, 6) is 0.745. The standard InChI is InChI=1S/C8H8N6/c9-7-3-11-5(1-13-7)6-2-14-8(10)4-12-6/h1-4H,(H2,9,13)(H2,10,14). The monoisotopic (exact) mass is 188 g/mol. The maximum atomic E-state index is 5.40. The zero-order valence-corrected chi connectivity index (χ0v) is 7.25. The second kappa shape index (κ2) is 3.25. The second-order valence-electron chi connectivity index (χ2n) is 2.65. The molecule has 2 aromatic heterocycles. The average Bonchev–Trinajstić information content (AvgIpc) is 2.21. The molecule has 0 radical (unpaired) electrons. The third kappa shape index (κ3) is 1.58. The van der Waals surface area contributed by atoms with Crippen molar-refractivity contribution >= 4 is 11.6 Å². The molecule has 0 spiro atoms. The molecule has 6 heteroatoms. The van der Waals surface area contributed by atoms with Gasteiger partial charge in [0.15, 0.2) is 0 Å². The van der Waals surface area contributed by atoms with Gasteiger partial charge in [-0.3, -0.25) is 0 Å². The van der Waals surface area contributed by atoms with Gasteiger partial charge in [-0.05, 0) is 0 Å². The molecule has 0 fully saturated rings. The zero-order valence-electron chi connectivity index (χ0n) is 7.25. The number of hydrogen-bond acceptors (Lipinski definition) is 6. The van der Waals surface area contributed by atoms with Crippen LogP contribution in [-0.2, 0) is 0 Å². The first-order valence-electron chi connectivity index (χ1n) is 3.91. The Morgan fingerprint density at radius 3 is 1.36 bits per heavy atom. The summed E-state index contributed by atoms with van der Waals surface area (Å²) in [6.45, 7) is 0. The lowest BCUT2D eigenvalue weighted by Gasteiger charge is -1.98. The van der Waals surface area contributed by atoms with Crippen LogP contribution < -0.4 is 11.5 Å². The summed E-state index contributed by atoms with van der Waals surface area (Å²) < 4.78 is 0. The van der Waals surface area contributed by atoms with Crippen molar-refractivity contribution in [2.24, 2.45) is 0 Å². The van der Waals surface area contributed by atoms with E-state index in [4.69, 9.17) is 11.5 Å². The summed E-state index contributed by atoms with van der Waals surface area (Å²) in [6.07, 6.45) is 6.01. The van der Waals surface area contributed by atoms with Gasteiger partial charge >= 0.3 is 0 Å². The molecule has 0 aliphatic heterocycles. The number of anilines is 2. The number of aromatic nitrogens is 4. The van der Waals surface area contributed by atoms with Gasteiger partial charge in [-0.1, -0.05) is 0 Å². The maximum absolute atomic E-state index is 5.40. The highest BCUT2D eigenvalue weighted by Gasteiger charge is 2.01. The lowest BCUT2D eigenvalue weighted by atomic mass is 10.3. The number of nitrogen functional groups attached to an aromatic ring is 2. The van der Waals surface area contributed by atoms with E-state index in [-0.39, 0.29) is 0 Å². The van der Waals surface area contributed by atoms with Crippen LogP contribution in [0.5, 0.6) is 0 Å². The molecule has 0 saturated carbocycles. The first kappa shape index (κ1) is 8.36. The van der Waals surface area contributed by atoms with Crippen molar-refractivity contribution in [3.05, 3.63) is 24.8 Å². The molecule has 0 bridgehead atoms. The lowest BCUT2D eigenvalue weighted by Crippen LogP contribution is -1.96. The Labute approximate surface area is 80.0 Å². The van der Waals surface area contributed by atoms with Crippen LogP contribution in [0.4, 0.5) is 11.6 Å². The molecule has 6 nitrogen and oxygen atoms in total. The van der Waals surface area contributed by atoms with Crippen molar-refractivity contribution in [1.29, 1.82) is 0 Å². The van der Waals surface area contributed by atoms with E-state index in [0.29, 0.717) is 23.0 Å². The molecule has 2 rings (SSSR count). The molecular formula is C8H8N6. The van der Waals surface area contributed by atoms with Crippen molar-refractivity contribution in [1.82, 2.24) is 19.9 Å². The molecule has 2 heterocycles. The van der Waals surface area contributed by atoms with Crippen LogP contribution in [0.25, 0.3) is 11.4 Å². The highest BCUT2D eigenvalue weighted by atomic mass is 14.9. The van der Waals surface area contributed by atoms with E-state index >= 15 is 0 Å². The average molecular weight is 188 g/mol. The normalized spacial score (nSPS) is 10.0. The molecule has 0 unspecified atom stereocenters. The van der Waals surface area contributed by atoms with E-state index in [9.17, 15) is 0 Å². The van der Waals surface area contributed by atoms with E-state index in [1.165, 1.54) is 24.8 Å². The number of hydrogen-bond donors (Lipinski definition) is 2. The van der Waals surface area contributed by atoms with E-state index in [0.717, 1.165) is 0 Å². The molecule has 4 N–H and O–H groups in total. The minimum absolute atomic E-state index is 0.372. The van der Waals surface area contributed by atoms with E-state index in [1.54, 1.807) is 0 Å². The van der Waals surface area contributed by atoms with Gasteiger partial charge in [0.2, 0.25) is 0 Å². The summed E-state index contributed by atoms with van der Waals surface area (Å²) in [7, 11) is 0. The van der Waals surface area contributed by atoms with Crippen molar-refractivity contribution in [3.8, 4) is 11.4 Å². The van der Waals surface area contributed by atoms with Crippen LogP contribution in [0.2, 0.25) is 0 Å². The fraction of sp³-hybridized carbons (Fsp3) is 0. The smallest absolute Gasteiger partial charge is 0.141 e. The Morgan fingerprint density at radius 1 is 0.643 bits per heavy atom. The van der Waals surface area contributed by atoms with Gasteiger partial charge in [-0.2, -0.15) is 0 Å². The summed E-state index contributed by atoms with van der Waals surface area (Å²) >= 11 is 0. The molecule has 0 aliphatic rings. The van der Waals surface area contributed by atoms with E-state index in [2.05, 4.69) is 19.9 Å². The quantitative estimate of drug-likeness (QED) is 0.657. The summed E-state index contributed by atoms with van der Waals surface area (Å²) in [5, 5.41) is 0. The molecule has 0 atom stereocenters. The maximum Gasteiger partial charge on any atom is 0.141 e. The van der Waals surface area contributed by atoms with Crippen LogP contribution in [0.3, 0.4) is 0 Å². The minimum atomic E-state index is 0.372. The van der Waals surface area contributed by atoms with Gasteiger partial charge < -0.3 is 11.5 Å². The predicted octanol–water partition coefficient (Wildman–Crippen LogP) is 0.0980. The Balaban J connectivity index is 2.40. The Bertz CT molecular complexity index is 377. The van der Waals surface area contributed by atoms with Crippen molar-refractivity contribution < 1.29 is 0 Å². The highest BCUT2D eigenvalue weighted by molar-refractivity contribution is 5.52. The first-order valence-corrected chi connectivity index (χ1v) is 3.91. The van der Waals surface area contributed by atoms with Crippen LogP contribution in [0, 0.1) is 0 Å². The Kier molecular flexibility index (Phi) is 1.94. The molecule has 0 amide bonds. The van der Waals surface area contributed by atoms with Crippen LogP contribution in [0.1, 0.15) is 0 Å². The number of nitrogens with two attached hydrogens (primary N) is 2. The van der Waals surface area contributed by atoms with Gasteiger partial charge in [0.25, 0.3) is 0 Å². The van der Waals surface area contributed by atoms with Gasteiger partial charge in [0.05, 0.1) is 24.8 Å². The largest absolute Gasteiger partial charge is 0.382 e. The third-order valence-corrected chi connectivity index (χ3v) is 1.61. The molecule has 14 heavy (non-hydrogen) atoms. The molecule has 2 aromatic rings. The number of rotatable bonds is 1. The first-order chi connectivity index (χ1) is 6.75. The minimum Gasteiger partial charge on any atom is -0.382 e. The zero-order chi connectivity index (χ0) is 9.97. The molecule has 70 valence electrons. The molecular weight excluding hydrogens is 180 g/mol. The van der Waals surface area contributed by atoms with Gasteiger partial charge in [0, 0.05) is 0 Å². The van der Waals surface area contributed by atoms with Crippen LogP contribution in [0.15, 0.2) is 24.8 Å². The van der Waals surface area contributed by atoms with Gasteiger partial charge in [0.1, 0.15) is 23.0 Å². The predicted molar refractivity (Wildman–Crippen MR) is 51.9 cm³/mol. The van der Waals surface area contributed by atoms with Gasteiger partial charge in [-0.15, -0.1) is 0 Å². The Hall–Kier alpha value is -2.24. The van der Waals surface area contributed by atoms with Crippen molar-refractivity contribution in [2.75, 3.05) is 11.5 Å². The SMILES string of the molecule is Nc1cnc(-c2cnc(N)cn2)cn1. The summed E-state index contributed by atoms with van der Waals surface area (Å²) in [6, 6.07) is 0. The Morgan fingerprint density at radius 2 is 1.07 bits per heavy atom. The van der Waals surface area contributed by atoms with Gasteiger partial charge in [-0.25, -0.2) is 19.9 Å². The van der Waals surface area contributed by atoms with Crippen LogP contribution >= 0.6 is 0 Å². The molecule has 0 aromatic carbocycles. The molecule has 0 aliphatic carbocycles. The second-order valence-corrected chi connectivity index (χ2v) is 2.65. The lowest BCUT2D eigenvalue weighted by molar-refractivity contribution is 1.15. The third-order valence-electron chi connectivity index (χ3n) is 1.61. The highest BCUT2D eigenvalue weighted by Crippen LogP contribution is 2.11. The summed E-state index contributed by atoms with van der Waals surface area (Å²) in [5.41, 5.74) is 12.0. The van der Waals surface area contributed by atoms with E-state index < -0.39 is 0 Å². The van der Waals surface area contributed by atoms with Crippen molar-refractivity contribution in [2.45, 2.75) is 0 Å².